The van der Waals surface area contributed by atoms with Crippen LogP contribution in [0.5, 0.6) is 0 Å². The van der Waals surface area contributed by atoms with Gasteiger partial charge in [0.25, 0.3) is 0 Å². The lowest BCUT2D eigenvalue weighted by atomic mass is 10.1. The number of aryl methyl sites for hydroxylation is 3. The van der Waals surface area contributed by atoms with Crippen molar-refractivity contribution in [2.24, 2.45) is 5.73 Å². The standard InChI is InChI=1S/C15H16N6/c1-8-4-11-13(5-9(8)2)21(7-18-11)15-19-10(3)6-12(20-15)14(16)17/h4-7H,1-3H3,(H3,16,17). The van der Waals surface area contributed by atoms with Crippen molar-refractivity contribution in [1.82, 2.24) is 19.5 Å². The van der Waals surface area contributed by atoms with Crippen molar-refractivity contribution in [3.8, 4) is 5.95 Å². The summed E-state index contributed by atoms with van der Waals surface area (Å²) < 4.78 is 1.82. The maximum atomic E-state index is 7.54. The third-order valence-corrected chi connectivity index (χ3v) is 3.50. The maximum Gasteiger partial charge on any atom is 0.236 e. The largest absolute Gasteiger partial charge is 0.382 e. The summed E-state index contributed by atoms with van der Waals surface area (Å²) in [6.07, 6.45) is 1.70. The van der Waals surface area contributed by atoms with E-state index in [1.807, 2.05) is 17.6 Å². The highest BCUT2D eigenvalue weighted by molar-refractivity contribution is 5.93. The quantitative estimate of drug-likeness (QED) is 0.554. The molecule has 0 saturated carbocycles. The molecule has 3 rings (SSSR count). The Morgan fingerprint density at radius 3 is 2.52 bits per heavy atom. The van der Waals surface area contributed by atoms with Gasteiger partial charge in [0.05, 0.1) is 11.0 Å². The topological polar surface area (TPSA) is 93.5 Å². The number of hydrogen-bond acceptors (Lipinski definition) is 4. The lowest BCUT2D eigenvalue weighted by Crippen LogP contribution is -2.16. The van der Waals surface area contributed by atoms with Gasteiger partial charge in [-0.2, -0.15) is 0 Å². The van der Waals surface area contributed by atoms with Crippen LogP contribution in [-0.2, 0) is 0 Å². The first-order chi connectivity index (χ1) is 9.95. The molecule has 0 bridgehead atoms. The van der Waals surface area contributed by atoms with Crippen molar-refractivity contribution in [3.05, 3.63) is 47.0 Å². The van der Waals surface area contributed by atoms with Gasteiger partial charge in [0.2, 0.25) is 5.95 Å². The summed E-state index contributed by atoms with van der Waals surface area (Å²) in [6, 6.07) is 5.81. The van der Waals surface area contributed by atoms with E-state index in [2.05, 4.69) is 34.9 Å². The zero-order valence-electron chi connectivity index (χ0n) is 12.2. The molecule has 0 fully saturated rings. The number of amidine groups is 1. The van der Waals surface area contributed by atoms with Crippen LogP contribution in [0.4, 0.5) is 0 Å². The smallest absolute Gasteiger partial charge is 0.236 e. The minimum Gasteiger partial charge on any atom is -0.382 e. The summed E-state index contributed by atoms with van der Waals surface area (Å²) >= 11 is 0. The zero-order valence-corrected chi connectivity index (χ0v) is 12.2. The molecule has 0 spiro atoms. The Labute approximate surface area is 122 Å². The highest BCUT2D eigenvalue weighted by atomic mass is 15.2. The zero-order chi connectivity index (χ0) is 15.1. The van der Waals surface area contributed by atoms with Gasteiger partial charge in [-0.25, -0.2) is 15.0 Å². The average molecular weight is 280 g/mol. The fraction of sp³-hybridized carbons (Fsp3) is 0.200. The first-order valence-corrected chi connectivity index (χ1v) is 6.60. The van der Waals surface area contributed by atoms with Crippen LogP contribution in [0.15, 0.2) is 24.5 Å². The molecule has 0 aliphatic carbocycles. The third kappa shape index (κ3) is 2.24. The summed E-state index contributed by atoms with van der Waals surface area (Å²) in [7, 11) is 0. The van der Waals surface area contributed by atoms with Gasteiger partial charge in [0.1, 0.15) is 17.9 Å². The van der Waals surface area contributed by atoms with E-state index in [1.54, 1.807) is 12.4 Å². The summed E-state index contributed by atoms with van der Waals surface area (Å²) in [4.78, 5) is 13.2. The molecule has 3 N–H and O–H groups in total. The Morgan fingerprint density at radius 2 is 1.81 bits per heavy atom. The van der Waals surface area contributed by atoms with Crippen LogP contribution < -0.4 is 5.73 Å². The molecule has 6 heteroatoms. The minimum absolute atomic E-state index is 0.0711. The van der Waals surface area contributed by atoms with Crippen LogP contribution >= 0.6 is 0 Å². The van der Waals surface area contributed by atoms with E-state index in [1.165, 1.54) is 11.1 Å². The minimum atomic E-state index is -0.0711. The summed E-state index contributed by atoms with van der Waals surface area (Å²) in [6.45, 7) is 5.97. The first kappa shape index (κ1) is 13.2. The van der Waals surface area contributed by atoms with Gasteiger partial charge < -0.3 is 5.73 Å². The number of rotatable bonds is 2. The summed E-state index contributed by atoms with van der Waals surface area (Å²) in [5.74, 6) is 0.407. The van der Waals surface area contributed by atoms with Gasteiger partial charge in [-0.3, -0.25) is 9.98 Å². The molecular formula is C15H16N6. The van der Waals surface area contributed by atoms with Gasteiger partial charge >= 0.3 is 0 Å². The van der Waals surface area contributed by atoms with Crippen LogP contribution in [0.2, 0.25) is 0 Å². The van der Waals surface area contributed by atoms with Crippen molar-refractivity contribution < 1.29 is 0 Å². The van der Waals surface area contributed by atoms with Gasteiger partial charge in [0.15, 0.2) is 0 Å². The molecule has 106 valence electrons. The molecule has 0 aliphatic rings. The Bertz CT molecular complexity index is 862. The number of fused-ring (bicyclic) bond motifs is 1. The van der Waals surface area contributed by atoms with Gasteiger partial charge in [-0.1, -0.05) is 0 Å². The number of nitrogens with two attached hydrogens (primary N) is 1. The fourth-order valence-electron chi connectivity index (χ4n) is 2.22. The SMILES string of the molecule is Cc1cc(C(=N)N)nc(-n2cnc3cc(C)c(C)cc32)n1. The van der Waals surface area contributed by atoms with Crippen molar-refractivity contribution in [1.29, 1.82) is 5.41 Å². The van der Waals surface area contributed by atoms with Gasteiger partial charge in [0, 0.05) is 5.69 Å². The molecule has 0 aliphatic heterocycles. The molecule has 0 amide bonds. The van der Waals surface area contributed by atoms with E-state index < -0.39 is 0 Å². The first-order valence-electron chi connectivity index (χ1n) is 6.60. The molecule has 0 unspecified atom stereocenters. The summed E-state index contributed by atoms with van der Waals surface area (Å²) in [5.41, 5.74) is 10.9. The van der Waals surface area contributed by atoms with Crippen molar-refractivity contribution >= 4 is 16.9 Å². The second-order valence-electron chi connectivity index (χ2n) is 5.15. The molecule has 2 aromatic heterocycles. The maximum absolute atomic E-state index is 7.54. The Kier molecular flexibility index (Phi) is 2.94. The van der Waals surface area contributed by atoms with Crippen LogP contribution in [0.3, 0.4) is 0 Å². The molecular weight excluding hydrogens is 264 g/mol. The highest BCUT2D eigenvalue weighted by Gasteiger charge is 2.11. The van der Waals surface area contributed by atoms with E-state index in [9.17, 15) is 0 Å². The molecule has 0 saturated heterocycles. The molecule has 21 heavy (non-hydrogen) atoms. The van der Waals surface area contributed by atoms with E-state index in [0.29, 0.717) is 11.6 Å². The Balaban J connectivity index is 2.25. The number of imidazole rings is 1. The normalized spacial score (nSPS) is 11.0. The van der Waals surface area contributed by atoms with Crippen molar-refractivity contribution in [2.45, 2.75) is 20.8 Å². The fourth-order valence-corrected chi connectivity index (χ4v) is 2.22. The van der Waals surface area contributed by atoms with Crippen LogP contribution in [-0.4, -0.2) is 25.4 Å². The molecule has 0 radical (unpaired) electrons. The van der Waals surface area contributed by atoms with Gasteiger partial charge in [-0.05, 0) is 50.1 Å². The van der Waals surface area contributed by atoms with Crippen molar-refractivity contribution in [3.63, 3.8) is 0 Å². The number of benzene rings is 1. The van der Waals surface area contributed by atoms with Gasteiger partial charge in [-0.15, -0.1) is 0 Å². The number of hydrogen-bond donors (Lipinski definition) is 2. The summed E-state index contributed by atoms with van der Waals surface area (Å²) in [5, 5.41) is 7.54. The third-order valence-electron chi connectivity index (χ3n) is 3.50. The van der Waals surface area contributed by atoms with E-state index in [-0.39, 0.29) is 5.84 Å². The van der Waals surface area contributed by atoms with Crippen LogP contribution in [0, 0.1) is 26.2 Å². The van der Waals surface area contributed by atoms with Crippen molar-refractivity contribution in [2.75, 3.05) is 0 Å². The number of nitrogen functional groups attached to an aromatic ring is 1. The molecule has 6 nitrogen and oxygen atoms in total. The number of nitrogens with zero attached hydrogens (tertiary/aromatic N) is 4. The molecule has 1 aromatic carbocycles. The highest BCUT2D eigenvalue weighted by Crippen LogP contribution is 2.20. The van der Waals surface area contributed by atoms with E-state index in [4.69, 9.17) is 11.1 Å². The Hall–Kier alpha value is -2.76. The van der Waals surface area contributed by atoms with Crippen LogP contribution in [0.1, 0.15) is 22.5 Å². The second-order valence-corrected chi connectivity index (χ2v) is 5.15. The van der Waals surface area contributed by atoms with Crippen LogP contribution in [0.25, 0.3) is 17.0 Å². The molecule has 2 heterocycles. The molecule has 0 atom stereocenters. The lowest BCUT2D eigenvalue weighted by Gasteiger charge is -2.07. The molecule has 3 aromatic rings. The average Bonchev–Trinajstić information content (AvgIpc) is 2.81. The second kappa shape index (κ2) is 4.66. The predicted octanol–water partition coefficient (Wildman–Crippen LogP) is 2.02. The van der Waals surface area contributed by atoms with E-state index >= 15 is 0 Å². The van der Waals surface area contributed by atoms with E-state index in [0.717, 1.165) is 16.7 Å². The monoisotopic (exact) mass is 280 g/mol. The Morgan fingerprint density at radius 1 is 1.10 bits per heavy atom. The number of aromatic nitrogens is 4. The number of nitrogens with one attached hydrogen (secondary N) is 1. The predicted molar refractivity (Wildman–Crippen MR) is 81.9 cm³/mol. The lowest BCUT2D eigenvalue weighted by molar-refractivity contribution is 0.923.